The zero-order chi connectivity index (χ0) is 38.1. The summed E-state index contributed by atoms with van der Waals surface area (Å²) in [6, 6.07) is 50.6. The summed E-state index contributed by atoms with van der Waals surface area (Å²) in [5, 5.41) is 4.04. The number of nitrogens with zero attached hydrogens (tertiary/aromatic N) is 3. The van der Waals surface area contributed by atoms with Gasteiger partial charge >= 0.3 is 0 Å². The van der Waals surface area contributed by atoms with Crippen LogP contribution in [0.4, 0.5) is 0 Å². The molecule has 0 fully saturated rings. The highest BCUT2D eigenvalue weighted by Crippen LogP contribution is 2.64. The van der Waals surface area contributed by atoms with Gasteiger partial charge < -0.3 is 9.13 Å². The van der Waals surface area contributed by atoms with Crippen molar-refractivity contribution in [1.82, 2.24) is 14.1 Å². The molecule has 9 aromatic rings. The number of hydrogen-bond acceptors (Lipinski definition) is 1. The van der Waals surface area contributed by atoms with E-state index in [1.54, 1.807) is 0 Å². The molecule has 0 aliphatic heterocycles. The van der Waals surface area contributed by atoms with Crippen molar-refractivity contribution in [2.24, 2.45) is 0 Å². The molecular weight excluding hydrogens is 703 g/mol. The van der Waals surface area contributed by atoms with E-state index in [1.165, 1.54) is 111 Å². The van der Waals surface area contributed by atoms with E-state index in [4.69, 9.17) is 4.98 Å². The topological polar surface area (TPSA) is 22.8 Å². The SMILES string of the molecule is CCc1ccc2c(c1)c1c(n2-c2ccc(C3=CCC(n4c5ccccc5c5c6c(ccc54)-c4ccccc4C64c5ccccc5-c5ccncc54)C=C3)cc2)C=CC1. The van der Waals surface area contributed by atoms with Gasteiger partial charge in [0.15, 0.2) is 0 Å². The van der Waals surface area contributed by atoms with Crippen molar-refractivity contribution in [1.29, 1.82) is 0 Å². The maximum Gasteiger partial charge on any atom is 0.0747 e. The number of pyridine rings is 1. The first-order valence-corrected chi connectivity index (χ1v) is 20.8. The number of fused-ring (bicyclic) bond motifs is 17. The minimum Gasteiger partial charge on any atom is -0.333 e. The molecule has 0 radical (unpaired) electrons. The molecule has 58 heavy (non-hydrogen) atoms. The lowest BCUT2D eigenvalue weighted by Crippen LogP contribution is -2.26. The summed E-state index contributed by atoms with van der Waals surface area (Å²) in [7, 11) is 0. The van der Waals surface area contributed by atoms with Crippen molar-refractivity contribution in [3.63, 3.8) is 0 Å². The van der Waals surface area contributed by atoms with Crippen LogP contribution in [0, 0.1) is 0 Å². The molecule has 4 aliphatic carbocycles. The van der Waals surface area contributed by atoms with Crippen LogP contribution in [0.3, 0.4) is 0 Å². The van der Waals surface area contributed by atoms with Crippen LogP contribution in [0.15, 0.2) is 170 Å². The number of aromatic nitrogens is 3. The van der Waals surface area contributed by atoms with Gasteiger partial charge in [-0.05, 0) is 135 Å². The average Bonchev–Trinajstić information content (AvgIpc) is 4.09. The van der Waals surface area contributed by atoms with Crippen molar-refractivity contribution >= 4 is 44.4 Å². The maximum atomic E-state index is 4.78. The summed E-state index contributed by atoms with van der Waals surface area (Å²) in [6.07, 6.45) is 18.9. The van der Waals surface area contributed by atoms with Crippen molar-refractivity contribution < 1.29 is 0 Å². The lowest BCUT2D eigenvalue weighted by atomic mass is 9.70. The smallest absolute Gasteiger partial charge is 0.0747 e. The van der Waals surface area contributed by atoms with E-state index in [2.05, 4.69) is 186 Å². The van der Waals surface area contributed by atoms with Gasteiger partial charge in [-0.2, -0.15) is 0 Å². The van der Waals surface area contributed by atoms with Gasteiger partial charge in [0.2, 0.25) is 0 Å². The van der Waals surface area contributed by atoms with Crippen LogP contribution in [0.5, 0.6) is 0 Å². The van der Waals surface area contributed by atoms with E-state index in [0.717, 1.165) is 19.3 Å². The Morgan fingerprint density at radius 1 is 0.672 bits per heavy atom. The second kappa shape index (κ2) is 11.8. The molecule has 0 N–H and O–H groups in total. The fourth-order valence-electron chi connectivity index (χ4n) is 11.3. The first kappa shape index (κ1) is 32.2. The molecule has 0 saturated carbocycles. The minimum atomic E-state index is -0.454. The first-order chi connectivity index (χ1) is 28.7. The highest BCUT2D eigenvalue weighted by molar-refractivity contribution is 6.15. The molecule has 3 heteroatoms. The molecule has 3 nitrogen and oxygen atoms in total. The molecule has 1 spiro atoms. The Bertz CT molecular complexity index is 3260. The van der Waals surface area contributed by atoms with Crippen molar-refractivity contribution in [2.45, 2.75) is 37.6 Å². The van der Waals surface area contributed by atoms with Gasteiger partial charge in [0.05, 0.1) is 28.2 Å². The third-order valence-corrected chi connectivity index (χ3v) is 13.8. The third kappa shape index (κ3) is 4.05. The predicted molar refractivity (Wildman–Crippen MR) is 240 cm³/mol. The largest absolute Gasteiger partial charge is 0.333 e. The lowest BCUT2D eigenvalue weighted by molar-refractivity contribution is 0.649. The van der Waals surface area contributed by atoms with Crippen LogP contribution in [-0.2, 0) is 18.3 Å². The highest BCUT2D eigenvalue weighted by atomic mass is 15.0. The van der Waals surface area contributed by atoms with E-state index >= 15 is 0 Å². The molecule has 6 aromatic carbocycles. The van der Waals surface area contributed by atoms with Crippen LogP contribution in [0.1, 0.15) is 64.0 Å². The Morgan fingerprint density at radius 2 is 1.43 bits per heavy atom. The second-order valence-corrected chi connectivity index (χ2v) is 16.4. The molecule has 4 aliphatic rings. The summed E-state index contributed by atoms with van der Waals surface area (Å²) >= 11 is 0. The number of benzene rings is 6. The van der Waals surface area contributed by atoms with E-state index in [1.807, 2.05) is 6.20 Å². The zero-order valence-electron chi connectivity index (χ0n) is 32.3. The second-order valence-electron chi connectivity index (χ2n) is 16.4. The molecule has 0 bridgehead atoms. The van der Waals surface area contributed by atoms with Gasteiger partial charge in [0.1, 0.15) is 0 Å². The van der Waals surface area contributed by atoms with Crippen LogP contribution in [-0.4, -0.2) is 14.1 Å². The Kier molecular flexibility index (Phi) is 6.53. The molecule has 2 atom stereocenters. The molecule has 2 unspecified atom stereocenters. The predicted octanol–water partition coefficient (Wildman–Crippen LogP) is 13.2. The Morgan fingerprint density at radius 3 is 2.24 bits per heavy atom. The van der Waals surface area contributed by atoms with Gasteiger partial charge in [-0.15, -0.1) is 0 Å². The summed E-state index contributed by atoms with van der Waals surface area (Å²) in [5.74, 6) is 0. The maximum absolute atomic E-state index is 4.78. The Labute approximate surface area is 337 Å². The van der Waals surface area contributed by atoms with E-state index in [9.17, 15) is 0 Å². The third-order valence-electron chi connectivity index (χ3n) is 13.8. The van der Waals surface area contributed by atoms with Crippen molar-refractivity contribution in [3.05, 3.63) is 215 Å². The quantitative estimate of drug-likeness (QED) is 0.176. The Hall–Kier alpha value is -6.97. The summed E-state index contributed by atoms with van der Waals surface area (Å²) in [5.41, 5.74) is 21.9. The van der Waals surface area contributed by atoms with E-state index < -0.39 is 5.41 Å². The number of hydrogen-bond donors (Lipinski definition) is 0. The van der Waals surface area contributed by atoms with Gasteiger partial charge in [0, 0.05) is 39.8 Å². The van der Waals surface area contributed by atoms with E-state index in [-0.39, 0.29) is 6.04 Å². The molecule has 3 aromatic heterocycles. The molecule has 0 saturated heterocycles. The fourth-order valence-corrected chi connectivity index (χ4v) is 11.3. The number of para-hydroxylation sites is 1. The molecule has 274 valence electrons. The summed E-state index contributed by atoms with van der Waals surface area (Å²) in [6.45, 7) is 2.24. The van der Waals surface area contributed by atoms with E-state index in [0.29, 0.717) is 0 Å². The zero-order valence-corrected chi connectivity index (χ0v) is 32.3. The standard InChI is InChI=1S/C55H39N3/c1-2-34-18-28-51-45(32-34)42-13-9-17-49(42)57(51)37-23-19-35(20-24-37)36-21-25-38(26-22-36)58-50-16-8-5-12-44(50)53-52(58)29-27-43-40-11-4-7-15-47(40)55(54(43)53)46-14-6-3-10-39(46)41-30-31-56-33-48(41)55/h3-12,14-25,27-33,38H,2,13,26H2,1H3. The average molecular weight is 742 g/mol. The first-order valence-electron chi connectivity index (χ1n) is 20.8. The molecule has 3 heterocycles. The van der Waals surface area contributed by atoms with Gasteiger partial charge in [-0.1, -0.05) is 122 Å². The monoisotopic (exact) mass is 741 g/mol. The van der Waals surface area contributed by atoms with Gasteiger partial charge in [0.25, 0.3) is 0 Å². The Balaban J connectivity index is 0.926. The van der Waals surface area contributed by atoms with Crippen LogP contribution < -0.4 is 0 Å². The number of rotatable bonds is 4. The highest BCUT2D eigenvalue weighted by Gasteiger charge is 2.53. The van der Waals surface area contributed by atoms with Crippen molar-refractivity contribution in [2.75, 3.05) is 0 Å². The van der Waals surface area contributed by atoms with Crippen LogP contribution >= 0.6 is 0 Å². The number of aryl methyl sites for hydroxylation is 1. The molecular formula is C55H39N3. The lowest BCUT2D eigenvalue weighted by Gasteiger charge is -2.31. The summed E-state index contributed by atoms with van der Waals surface area (Å²) < 4.78 is 5.05. The van der Waals surface area contributed by atoms with Crippen LogP contribution in [0.25, 0.3) is 72.3 Å². The number of allylic oxidation sites excluding steroid dienone is 5. The molecule has 0 amide bonds. The van der Waals surface area contributed by atoms with Gasteiger partial charge in [-0.25, -0.2) is 0 Å². The van der Waals surface area contributed by atoms with Gasteiger partial charge in [-0.3, -0.25) is 4.98 Å². The fraction of sp³-hybridized carbons (Fsp3) is 0.109. The van der Waals surface area contributed by atoms with Crippen molar-refractivity contribution in [3.8, 4) is 27.9 Å². The normalized spacial score (nSPS) is 18.2. The van der Waals surface area contributed by atoms with Crippen LogP contribution in [0.2, 0.25) is 0 Å². The summed E-state index contributed by atoms with van der Waals surface area (Å²) in [4.78, 5) is 4.78. The molecule has 13 rings (SSSR count). The minimum absolute atomic E-state index is 0.182.